The van der Waals surface area contributed by atoms with Crippen LogP contribution in [0.1, 0.15) is 12.6 Å². The Morgan fingerprint density at radius 3 is 2.67 bits per heavy atom. The number of hydrogen-bond donors (Lipinski definition) is 0. The highest BCUT2D eigenvalue weighted by atomic mass is 79.9. The van der Waals surface area contributed by atoms with Gasteiger partial charge in [0.2, 0.25) is 0 Å². The van der Waals surface area contributed by atoms with Gasteiger partial charge in [0.15, 0.2) is 0 Å². The number of aryl methyl sites for hydroxylation is 1. The fourth-order valence-corrected chi connectivity index (χ4v) is 2.29. The average Bonchev–Trinajstić information content (AvgIpc) is 2.59. The summed E-state index contributed by atoms with van der Waals surface area (Å²) in [6.07, 6.45) is 0. The number of benzene rings is 1. The molecule has 0 N–H and O–H groups in total. The van der Waals surface area contributed by atoms with Gasteiger partial charge in [0, 0.05) is 22.4 Å². The third-order valence-electron chi connectivity index (χ3n) is 2.64. The fraction of sp³-hybridized carbons (Fsp3) is 0.231. The zero-order chi connectivity index (χ0) is 10.8. The van der Waals surface area contributed by atoms with Crippen LogP contribution in [0.5, 0.6) is 0 Å². The first-order valence-electron chi connectivity index (χ1n) is 5.14. The molecule has 0 bridgehead atoms. The number of halogens is 1. The minimum Gasteiger partial charge on any atom is -0.345 e. The molecule has 1 heterocycles. The molecule has 0 fully saturated rings. The standard InChI is InChI=1S/C13H14BrN/c1-3-15-10(2)7-8-13(15)11-5-4-6-12(14)9-11/h4-9H,3H2,1-2H3. The third-order valence-corrected chi connectivity index (χ3v) is 3.13. The van der Waals surface area contributed by atoms with Gasteiger partial charge < -0.3 is 4.57 Å². The van der Waals surface area contributed by atoms with E-state index in [1.54, 1.807) is 0 Å². The van der Waals surface area contributed by atoms with E-state index in [0.29, 0.717) is 0 Å². The van der Waals surface area contributed by atoms with E-state index in [0.717, 1.165) is 11.0 Å². The highest BCUT2D eigenvalue weighted by Gasteiger charge is 2.05. The number of nitrogens with zero attached hydrogens (tertiary/aromatic N) is 1. The van der Waals surface area contributed by atoms with Gasteiger partial charge in [-0.05, 0) is 43.7 Å². The van der Waals surface area contributed by atoms with E-state index >= 15 is 0 Å². The van der Waals surface area contributed by atoms with Crippen molar-refractivity contribution in [1.82, 2.24) is 4.57 Å². The molecule has 2 heteroatoms. The monoisotopic (exact) mass is 263 g/mol. The summed E-state index contributed by atoms with van der Waals surface area (Å²) in [5, 5.41) is 0. The van der Waals surface area contributed by atoms with Crippen molar-refractivity contribution in [3.8, 4) is 11.3 Å². The molecule has 1 nitrogen and oxygen atoms in total. The third kappa shape index (κ3) is 2.00. The van der Waals surface area contributed by atoms with Gasteiger partial charge in [-0.15, -0.1) is 0 Å². The summed E-state index contributed by atoms with van der Waals surface area (Å²) in [6, 6.07) is 12.8. The Morgan fingerprint density at radius 2 is 2.00 bits per heavy atom. The van der Waals surface area contributed by atoms with Gasteiger partial charge in [0.1, 0.15) is 0 Å². The van der Waals surface area contributed by atoms with Crippen LogP contribution in [0.3, 0.4) is 0 Å². The SMILES string of the molecule is CCn1c(C)ccc1-c1cccc(Br)c1. The van der Waals surface area contributed by atoms with Crippen LogP contribution >= 0.6 is 15.9 Å². The Balaban J connectivity index is 2.54. The molecule has 0 unspecified atom stereocenters. The maximum absolute atomic E-state index is 3.50. The van der Waals surface area contributed by atoms with E-state index in [2.05, 4.69) is 70.7 Å². The minimum atomic E-state index is 1.01. The van der Waals surface area contributed by atoms with Crippen molar-refractivity contribution < 1.29 is 0 Å². The number of aromatic nitrogens is 1. The zero-order valence-corrected chi connectivity index (χ0v) is 10.6. The molecule has 0 saturated carbocycles. The molecule has 2 aromatic rings. The van der Waals surface area contributed by atoms with Crippen molar-refractivity contribution in [1.29, 1.82) is 0 Å². The van der Waals surface area contributed by atoms with Gasteiger partial charge in [0.05, 0.1) is 0 Å². The summed E-state index contributed by atoms with van der Waals surface area (Å²) >= 11 is 3.50. The summed E-state index contributed by atoms with van der Waals surface area (Å²) < 4.78 is 3.45. The van der Waals surface area contributed by atoms with Gasteiger partial charge in [-0.1, -0.05) is 28.1 Å². The molecular formula is C13H14BrN. The van der Waals surface area contributed by atoms with Crippen molar-refractivity contribution in [2.24, 2.45) is 0 Å². The van der Waals surface area contributed by atoms with Crippen molar-refractivity contribution in [3.63, 3.8) is 0 Å². The van der Waals surface area contributed by atoms with Gasteiger partial charge in [-0.25, -0.2) is 0 Å². The second-order valence-electron chi connectivity index (χ2n) is 3.61. The van der Waals surface area contributed by atoms with Crippen LogP contribution in [0.15, 0.2) is 40.9 Å². The summed E-state index contributed by atoms with van der Waals surface area (Å²) in [7, 11) is 0. The van der Waals surface area contributed by atoms with Crippen molar-refractivity contribution in [3.05, 3.63) is 46.6 Å². The number of hydrogen-bond acceptors (Lipinski definition) is 0. The summed E-state index contributed by atoms with van der Waals surface area (Å²) in [4.78, 5) is 0. The summed E-state index contributed by atoms with van der Waals surface area (Å²) in [6.45, 7) is 5.33. The topological polar surface area (TPSA) is 4.93 Å². The lowest BCUT2D eigenvalue weighted by atomic mass is 10.1. The Hall–Kier alpha value is -1.02. The molecule has 0 saturated heterocycles. The lowest BCUT2D eigenvalue weighted by molar-refractivity contribution is 0.750. The predicted octanol–water partition coefficient (Wildman–Crippen LogP) is 4.25. The van der Waals surface area contributed by atoms with Crippen LogP contribution in [-0.4, -0.2) is 4.57 Å². The molecule has 0 spiro atoms. The molecule has 0 aliphatic heterocycles. The normalized spacial score (nSPS) is 10.6. The molecular weight excluding hydrogens is 250 g/mol. The number of rotatable bonds is 2. The Morgan fingerprint density at radius 1 is 1.20 bits per heavy atom. The summed E-state index contributed by atoms with van der Waals surface area (Å²) in [5.74, 6) is 0. The fourth-order valence-electron chi connectivity index (χ4n) is 1.89. The molecule has 2 rings (SSSR count). The van der Waals surface area contributed by atoms with E-state index in [4.69, 9.17) is 0 Å². The first-order chi connectivity index (χ1) is 7.22. The molecule has 1 aromatic carbocycles. The lowest BCUT2D eigenvalue weighted by Gasteiger charge is -2.09. The quantitative estimate of drug-likeness (QED) is 0.764. The first kappa shape index (κ1) is 10.5. The second-order valence-corrected chi connectivity index (χ2v) is 4.53. The van der Waals surface area contributed by atoms with Crippen molar-refractivity contribution >= 4 is 15.9 Å². The van der Waals surface area contributed by atoms with E-state index in [-0.39, 0.29) is 0 Å². The van der Waals surface area contributed by atoms with Crippen LogP contribution in [0.2, 0.25) is 0 Å². The first-order valence-corrected chi connectivity index (χ1v) is 5.93. The van der Waals surface area contributed by atoms with E-state index in [9.17, 15) is 0 Å². The van der Waals surface area contributed by atoms with Crippen molar-refractivity contribution in [2.45, 2.75) is 20.4 Å². The van der Waals surface area contributed by atoms with Gasteiger partial charge >= 0.3 is 0 Å². The van der Waals surface area contributed by atoms with Gasteiger partial charge in [-0.2, -0.15) is 0 Å². The zero-order valence-electron chi connectivity index (χ0n) is 9.00. The second kappa shape index (κ2) is 4.23. The molecule has 15 heavy (non-hydrogen) atoms. The van der Waals surface area contributed by atoms with E-state index in [1.165, 1.54) is 17.0 Å². The van der Waals surface area contributed by atoms with Gasteiger partial charge in [0.25, 0.3) is 0 Å². The van der Waals surface area contributed by atoms with Crippen LogP contribution in [0, 0.1) is 6.92 Å². The molecule has 0 radical (unpaired) electrons. The average molecular weight is 264 g/mol. The molecule has 0 aliphatic carbocycles. The molecule has 0 atom stereocenters. The maximum atomic E-state index is 3.50. The van der Waals surface area contributed by atoms with Gasteiger partial charge in [-0.3, -0.25) is 0 Å². The van der Waals surface area contributed by atoms with Crippen LogP contribution in [0.4, 0.5) is 0 Å². The van der Waals surface area contributed by atoms with E-state index < -0.39 is 0 Å². The highest BCUT2D eigenvalue weighted by molar-refractivity contribution is 9.10. The van der Waals surface area contributed by atoms with Crippen LogP contribution < -0.4 is 0 Å². The van der Waals surface area contributed by atoms with Crippen LogP contribution in [0.25, 0.3) is 11.3 Å². The Bertz CT molecular complexity index is 471. The van der Waals surface area contributed by atoms with Crippen LogP contribution in [-0.2, 0) is 6.54 Å². The van der Waals surface area contributed by atoms with Crippen molar-refractivity contribution in [2.75, 3.05) is 0 Å². The smallest absolute Gasteiger partial charge is 0.0482 e. The molecule has 1 aromatic heterocycles. The lowest BCUT2D eigenvalue weighted by Crippen LogP contribution is -1.98. The molecule has 0 aliphatic rings. The summed E-state index contributed by atoms with van der Waals surface area (Å²) in [5.41, 5.74) is 3.86. The predicted molar refractivity (Wildman–Crippen MR) is 68.0 cm³/mol. The highest BCUT2D eigenvalue weighted by Crippen LogP contribution is 2.25. The Kier molecular flexibility index (Phi) is 2.96. The molecule has 78 valence electrons. The Labute approximate surface area is 98.9 Å². The largest absolute Gasteiger partial charge is 0.345 e. The minimum absolute atomic E-state index is 1.01. The maximum Gasteiger partial charge on any atom is 0.0482 e. The van der Waals surface area contributed by atoms with E-state index in [1.807, 2.05) is 0 Å². The molecule has 0 amide bonds.